The first-order valence-electron chi connectivity index (χ1n) is 7.13. The Balaban J connectivity index is 1.79. The normalized spacial score (nSPS) is 17.3. The Morgan fingerprint density at radius 1 is 1.39 bits per heavy atom. The van der Waals surface area contributed by atoms with Gasteiger partial charge in [-0.3, -0.25) is 4.79 Å². The van der Waals surface area contributed by atoms with Crippen LogP contribution in [0.4, 0.5) is 10.5 Å². The maximum Gasteiger partial charge on any atom is 0.321 e. The first-order chi connectivity index (χ1) is 11.0. The van der Waals surface area contributed by atoms with Crippen LogP contribution in [0.2, 0.25) is 0 Å². The molecule has 1 aromatic carbocycles. The average molecular weight is 379 g/mol. The van der Waals surface area contributed by atoms with Gasteiger partial charge < -0.3 is 15.3 Å². The lowest BCUT2D eigenvalue weighted by Gasteiger charge is -2.18. The Kier molecular flexibility index (Phi) is 4.33. The largest absolute Gasteiger partial charge is 0.481 e. The summed E-state index contributed by atoms with van der Waals surface area (Å²) >= 11 is 3.39. The van der Waals surface area contributed by atoms with Gasteiger partial charge in [-0.1, -0.05) is 15.9 Å². The number of nitrogens with one attached hydrogen (secondary N) is 1. The number of carboxylic acid groups (broad SMARTS) is 1. The molecule has 3 rings (SSSR count). The summed E-state index contributed by atoms with van der Waals surface area (Å²) in [7, 11) is 0. The van der Waals surface area contributed by atoms with Gasteiger partial charge in [0.15, 0.2) is 0 Å². The van der Waals surface area contributed by atoms with Crippen LogP contribution in [0, 0.1) is 5.92 Å². The van der Waals surface area contributed by atoms with Crippen LogP contribution >= 0.6 is 15.9 Å². The first-order valence-corrected chi connectivity index (χ1v) is 7.92. The zero-order valence-electron chi connectivity index (χ0n) is 12.1. The van der Waals surface area contributed by atoms with Crippen LogP contribution in [0.3, 0.4) is 0 Å². The van der Waals surface area contributed by atoms with Gasteiger partial charge in [-0.2, -0.15) is 5.10 Å². The third kappa shape index (κ3) is 3.37. The standard InChI is InChI=1S/C15H15BrN4O3/c16-11-2-3-13(20-6-1-5-17-20)12(8-11)18-15(23)19-7-4-10(9-19)14(21)22/h1-3,5-6,8,10H,4,7,9H2,(H,18,23)(H,21,22). The van der Waals surface area contributed by atoms with Gasteiger partial charge in [0.25, 0.3) is 0 Å². The molecule has 1 saturated heterocycles. The molecular formula is C15H15BrN4O3. The molecule has 2 amide bonds. The second-order valence-electron chi connectivity index (χ2n) is 5.31. The molecule has 0 saturated carbocycles. The number of carbonyl (C=O) groups is 2. The van der Waals surface area contributed by atoms with Gasteiger partial charge in [-0.15, -0.1) is 0 Å². The number of likely N-dealkylation sites (tertiary alicyclic amines) is 1. The molecule has 0 bridgehead atoms. The van der Waals surface area contributed by atoms with Crippen LogP contribution in [0.5, 0.6) is 0 Å². The summed E-state index contributed by atoms with van der Waals surface area (Å²) in [6.45, 7) is 0.667. The number of aliphatic carboxylic acids is 1. The minimum Gasteiger partial charge on any atom is -0.481 e. The van der Waals surface area contributed by atoms with E-state index in [9.17, 15) is 9.59 Å². The van der Waals surface area contributed by atoms with Gasteiger partial charge in [-0.05, 0) is 30.7 Å². The van der Waals surface area contributed by atoms with Crippen molar-refractivity contribution in [3.63, 3.8) is 0 Å². The van der Waals surface area contributed by atoms with E-state index in [1.54, 1.807) is 29.2 Å². The van der Waals surface area contributed by atoms with Gasteiger partial charge in [0.1, 0.15) is 0 Å². The lowest BCUT2D eigenvalue weighted by Crippen LogP contribution is -2.34. The molecule has 7 nitrogen and oxygen atoms in total. The fourth-order valence-corrected chi connectivity index (χ4v) is 2.92. The fraction of sp³-hybridized carbons (Fsp3) is 0.267. The number of benzene rings is 1. The van der Waals surface area contributed by atoms with Gasteiger partial charge in [-0.25, -0.2) is 9.48 Å². The molecule has 120 valence electrons. The van der Waals surface area contributed by atoms with Crippen LogP contribution in [-0.2, 0) is 4.79 Å². The second-order valence-corrected chi connectivity index (χ2v) is 6.23. The predicted molar refractivity (Wildman–Crippen MR) is 87.6 cm³/mol. The highest BCUT2D eigenvalue weighted by Gasteiger charge is 2.31. The molecule has 2 heterocycles. The third-order valence-corrected chi connectivity index (χ3v) is 4.27. The molecular weight excluding hydrogens is 364 g/mol. The Morgan fingerprint density at radius 2 is 2.22 bits per heavy atom. The molecule has 1 aromatic heterocycles. The van der Waals surface area contributed by atoms with Crippen LogP contribution in [0.25, 0.3) is 5.69 Å². The monoisotopic (exact) mass is 378 g/mol. The third-order valence-electron chi connectivity index (χ3n) is 3.78. The number of urea groups is 1. The Hall–Kier alpha value is -2.35. The smallest absolute Gasteiger partial charge is 0.321 e. The molecule has 2 N–H and O–H groups in total. The maximum absolute atomic E-state index is 12.4. The van der Waals surface area contributed by atoms with Gasteiger partial charge >= 0.3 is 12.0 Å². The van der Waals surface area contributed by atoms with Crippen LogP contribution < -0.4 is 5.32 Å². The zero-order chi connectivity index (χ0) is 16.4. The first kappa shape index (κ1) is 15.5. The number of nitrogens with zero attached hydrogens (tertiary/aromatic N) is 3. The lowest BCUT2D eigenvalue weighted by molar-refractivity contribution is -0.141. The van der Waals surface area contributed by atoms with E-state index in [1.807, 2.05) is 12.1 Å². The van der Waals surface area contributed by atoms with E-state index in [1.165, 1.54) is 4.90 Å². The summed E-state index contributed by atoms with van der Waals surface area (Å²) in [4.78, 5) is 24.9. The molecule has 23 heavy (non-hydrogen) atoms. The van der Waals surface area contributed by atoms with E-state index in [2.05, 4.69) is 26.3 Å². The number of anilines is 1. The summed E-state index contributed by atoms with van der Waals surface area (Å²) in [5.41, 5.74) is 1.34. The SMILES string of the molecule is O=C(O)C1CCN(C(=O)Nc2cc(Br)ccc2-n2cccn2)C1. The van der Waals surface area contributed by atoms with Crippen LogP contribution in [0.15, 0.2) is 41.1 Å². The van der Waals surface area contributed by atoms with Crippen molar-refractivity contribution in [3.8, 4) is 5.69 Å². The quantitative estimate of drug-likeness (QED) is 0.858. The van der Waals surface area contributed by atoms with Crippen molar-refractivity contribution in [2.24, 2.45) is 5.92 Å². The van der Waals surface area contributed by atoms with Gasteiger partial charge in [0.2, 0.25) is 0 Å². The van der Waals surface area contributed by atoms with E-state index >= 15 is 0 Å². The second kappa shape index (κ2) is 6.41. The summed E-state index contributed by atoms with van der Waals surface area (Å²) < 4.78 is 2.49. The molecule has 0 spiro atoms. The van der Waals surface area contributed by atoms with Crippen molar-refractivity contribution in [2.75, 3.05) is 18.4 Å². The molecule has 1 aliphatic heterocycles. The number of rotatable bonds is 3. The Morgan fingerprint density at radius 3 is 2.87 bits per heavy atom. The molecule has 0 aliphatic carbocycles. The van der Waals surface area contributed by atoms with Gasteiger partial charge in [0, 0.05) is 30.0 Å². The molecule has 2 aromatic rings. The van der Waals surface area contributed by atoms with Crippen molar-refractivity contribution in [3.05, 3.63) is 41.1 Å². The van der Waals surface area contributed by atoms with E-state index in [4.69, 9.17) is 5.11 Å². The average Bonchev–Trinajstić information content (AvgIpc) is 3.19. The van der Waals surface area contributed by atoms with E-state index in [0.717, 1.165) is 10.2 Å². The number of halogens is 1. The lowest BCUT2D eigenvalue weighted by atomic mass is 10.1. The fourth-order valence-electron chi connectivity index (χ4n) is 2.56. The minimum absolute atomic E-state index is 0.228. The summed E-state index contributed by atoms with van der Waals surface area (Å²) in [5, 5.41) is 16.1. The van der Waals surface area contributed by atoms with Crippen molar-refractivity contribution in [2.45, 2.75) is 6.42 Å². The van der Waals surface area contributed by atoms with Crippen LogP contribution in [-0.4, -0.2) is 44.9 Å². The summed E-state index contributed by atoms with van der Waals surface area (Å²) in [6, 6.07) is 6.99. The highest BCUT2D eigenvalue weighted by atomic mass is 79.9. The molecule has 8 heteroatoms. The van der Waals surface area contributed by atoms with Crippen molar-refractivity contribution in [1.29, 1.82) is 0 Å². The van der Waals surface area contributed by atoms with E-state index < -0.39 is 11.9 Å². The predicted octanol–water partition coefficient (Wildman–Crippen LogP) is 2.57. The summed E-state index contributed by atoms with van der Waals surface area (Å²) in [5.74, 6) is -1.35. The summed E-state index contributed by atoms with van der Waals surface area (Å²) in [6.07, 6.45) is 3.92. The minimum atomic E-state index is -0.861. The van der Waals surface area contributed by atoms with Crippen molar-refractivity contribution >= 4 is 33.6 Å². The van der Waals surface area contributed by atoms with Crippen molar-refractivity contribution < 1.29 is 14.7 Å². The highest BCUT2D eigenvalue weighted by Crippen LogP contribution is 2.25. The number of carbonyl (C=O) groups excluding carboxylic acids is 1. The Labute approximate surface area is 141 Å². The van der Waals surface area contributed by atoms with Crippen LogP contribution in [0.1, 0.15) is 6.42 Å². The highest BCUT2D eigenvalue weighted by molar-refractivity contribution is 9.10. The number of hydrogen-bond acceptors (Lipinski definition) is 3. The molecule has 0 radical (unpaired) electrons. The topological polar surface area (TPSA) is 87.5 Å². The van der Waals surface area contributed by atoms with Gasteiger partial charge in [0.05, 0.1) is 17.3 Å². The number of aromatic nitrogens is 2. The molecule has 1 unspecified atom stereocenters. The zero-order valence-corrected chi connectivity index (χ0v) is 13.7. The van der Waals surface area contributed by atoms with E-state index in [0.29, 0.717) is 18.7 Å². The molecule has 1 aliphatic rings. The van der Waals surface area contributed by atoms with Crippen molar-refractivity contribution in [1.82, 2.24) is 14.7 Å². The Bertz CT molecular complexity index is 732. The van der Waals surface area contributed by atoms with E-state index in [-0.39, 0.29) is 12.6 Å². The maximum atomic E-state index is 12.4. The number of hydrogen-bond donors (Lipinski definition) is 2. The molecule has 1 atom stereocenters. The number of amides is 2. The molecule has 1 fully saturated rings. The number of carboxylic acids is 1.